The second kappa shape index (κ2) is 8.14. The van der Waals surface area contributed by atoms with Crippen molar-refractivity contribution in [1.29, 1.82) is 0 Å². The molecule has 0 spiro atoms. The standard InChI is InChI=1S/C22H24N2O6/c1-13(14-4-7-18-20(8-14)30-12-29-18)23-22(26)15-9-21(25)24(11-15)17-6-5-16(27-2)10-19(17)28-3/h4-8,10,13,15H,9,11-12H2,1-3H3,(H,23,26). The maximum Gasteiger partial charge on any atom is 0.231 e. The third-order valence-corrected chi connectivity index (χ3v) is 5.43. The summed E-state index contributed by atoms with van der Waals surface area (Å²) >= 11 is 0. The number of carbonyl (C=O) groups is 2. The van der Waals surface area contributed by atoms with E-state index < -0.39 is 5.92 Å². The van der Waals surface area contributed by atoms with Crippen LogP contribution >= 0.6 is 0 Å². The Morgan fingerprint density at radius 1 is 1.13 bits per heavy atom. The molecule has 0 saturated carbocycles. The van der Waals surface area contributed by atoms with Crippen molar-refractivity contribution in [2.75, 3.05) is 32.5 Å². The zero-order valence-electron chi connectivity index (χ0n) is 17.1. The second-order valence-electron chi connectivity index (χ2n) is 7.29. The summed E-state index contributed by atoms with van der Waals surface area (Å²) in [6, 6.07) is 10.6. The Hall–Kier alpha value is -3.42. The lowest BCUT2D eigenvalue weighted by Gasteiger charge is -2.21. The maximum atomic E-state index is 12.8. The number of hydrogen-bond donors (Lipinski definition) is 1. The maximum absolute atomic E-state index is 12.8. The molecule has 8 heteroatoms. The Bertz CT molecular complexity index is 976. The van der Waals surface area contributed by atoms with E-state index in [2.05, 4.69) is 5.32 Å². The molecule has 2 heterocycles. The molecule has 0 radical (unpaired) electrons. The Morgan fingerprint density at radius 2 is 1.93 bits per heavy atom. The van der Waals surface area contributed by atoms with Gasteiger partial charge in [-0.25, -0.2) is 0 Å². The summed E-state index contributed by atoms with van der Waals surface area (Å²) in [6.45, 7) is 2.39. The SMILES string of the molecule is COc1ccc(N2CC(C(=O)NC(C)c3ccc4c(c3)OCO4)CC2=O)c(OC)c1. The highest BCUT2D eigenvalue weighted by Gasteiger charge is 2.36. The van der Waals surface area contributed by atoms with Crippen molar-refractivity contribution in [2.45, 2.75) is 19.4 Å². The van der Waals surface area contributed by atoms with Crippen LogP contribution in [0.25, 0.3) is 0 Å². The largest absolute Gasteiger partial charge is 0.497 e. The van der Waals surface area contributed by atoms with Crippen LogP contribution in [-0.2, 0) is 9.59 Å². The third-order valence-electron chi connectivity index (χ3n) is 5.43. The van der Waals surface area contributed by atoms with Crippen molar-refractivity contribution in [3.05, 3.63) is 42.0 Å². The summed E-state index contributed by atoms with van der Waals surface area (Å²) < 4.78 is 21.3. The zero-order valence-corrected chi connectivity index (χ0v) is 17.1. The van der Waals surface area contributed by atoms with Crippen molar-refractivity contribution in [3.63, 3.8) is 0 Å². The van der Waals surface area contributed by atoms with E-state index in [1.807, 2.05) is 25.1 Å². The molecule has 2 aliphatic heterocycles. The number of amides is 2. The number of hydrogen-bond acceptors (Lipinski definition) is 6. The fourth-order valence-corrected chi connectivity index (χ4v) is 3.72. The van der Waals surface area contributed by atoms with Crippen LogP contribution < -0.4 is 29.2 Å². The lowest BCUT2D eigenvalue weighted by atomic mass is 10.0. The first kappa shape index (κ1) is 19.9. The number of nitrogens with one attached hydrogen (secondary N) is 1. The average Bonchev–Trinajstić information content (AvgIpc) is 3.39. The van der Waals surface area contributed by atoms with Crippen molar-refractivity contribution >= 4 is 17.5 Å². The molecular formula is C22H24N2O6. The minimum atomic E-state index is -0.444. The fraction of sp³-hybridized carbons (Fsp3) is 0.364. The number of fused-ring (bicyclic) bond motifs is 1. The summed E-state index contributed by atoms with van der Waals surface area (Å²) in [7, 11) is 3.10. The molecule has 30 heavy (non-hydrogen) atoms. The fourth-order valence-electron chi connectivity index (χ4n) is 3.72. The first-order chi connectivity index (χ1) is 14.5. The van der Waals surface area contributed by atoms with E-state index >= 15 is 0 Å². The molecule has 2 atom stereocenters. The summed E-state index contributed by atoms with van der Waals surface area (Å²) in [5.74, 6) is 1.80. The predicted octanol–water partition coefficient (Wildman–Crippen LogP) is 2.66. The molecule has 2 aromatic carbocycles. The van der Waals surface area contributed by atoms with Crippen LogP contribution in [0.5, 0.6) is 23.0 Å². The van der Waals surface area contributed by atoms with Crippen LogP contribution in [0.15, 0.2) is 36.4 Å². The second-order valence-corrected chi connectivity index (χ2v) is 7.29. The van der Waals surface area contributed by atoms with Crippen LogP contribution in [-0.4, -0.2) is 39.4 Å². The number of benzene rings is 2. The van der Waals surface area contributed by atoms with Gasteiger partial charge in [0.25, 0.3) is 0 Å². The molecule has 0 aromatic heterocycles. The van der Waals surface area contributed by atoms with Crippen molar-refractivity contribution in [2.24, 2.45) is 5.92 Å². The van der Waals surface area contributed by atoms with Gasteiger partial charge in [0.05, 0.1) is 31.9 Å². The molecular weight excluding hydrogens is 388 g/mol. The van der Waals surface area contributed by atoms with Crippen LogP contribution in [0.3, 0.4) is 0 Å². The average molecular weight is 412 g/mol. The van der Waals surface area contributed by atoms with Gasteiger partial charge >= 0.3 is 0 Å². The van der Waals surface area contributed by atoms with E-state index in [9.17, 15) is 9.59 Å². The van der Waals surface area contributed by atoms with Gasteiger partial charge in [0.1, 0.15) is 11.5 Å². The molecule has 1 saturated heterocycles. The van der Waals surface area contributed by atoms with Crippen LogP contribution in [0.1, 0.15) is 24.9 Å². The minimum Gasteiger partial charge on any atom is -0.497 e. The summed E-state index contributed by atoms with van der Waals surface area (Å²) in [4.78, 5) is 27.1. The molecule has 158 valence electrons. The third kappa shape index (κ3) is 3.72. The highest BCUT2D eigenvalue weighted by molar-refractivity contribution is 6.01. The lowest BCUT2D eigenvalue weighted by molar-refractivity contribution is -0.126. The Labute approximate surface area is 174 Å². The van der Waals surface area contributed by atoms with Crippen LogP contribution in [0.2, 0.25) is 0 Å². The molecule has 2 amide bonds. The molecule has 2 aromatic rings. The smallest absolute Gasteiger partial charge is 0.231 e. The summed E-state index contributed by atoms with van der Waals surface area (Å²) in [6.07, 6.45) is 0.148. The zero-order chi connectivity index (χ0) is 21.3. The lowest BCUT2D eigenvalue weighted by Crippen LogP contribution is -2.34. The van der Waals surface area contributed by atoms with E-state index in [1.165, 1.54) is 7.11 Å². The van der Waals surface area contributed by atoms with Gasteiger partial charge in [0.15, 0.2) is 11.5 Å². The molecule has 2 aliphatic rings. The predicted molar refractivity (Wildman–Crippen MR) is 109 cm³/mol. The first-order valence-electron chi connectivity index (χ1n) is 9.72. The Morgan fingerprint density at radius 3 is 2.70 bits per heavy atom. The van der Waals surface area contributed by atoms with Crippen molar-refractivity contribution < 1.29 is 28.5 Å². The molecule has 8 nitrogen and oxygen atoms in total. The van der Waals surface area contributed by atoms with Gasteiger partial charge in [-0.2, -0.15) is 0 Å². The van der Waals surface area contributed by atoms with Gasteiger partial charge in [-0.1, -0.05) is 6.07 Å². The van der Waals surface area contributed by atoms with Gasteiger partial charge in [0.2, 0.25) is 18.6 Å². The van der Waals surface area contributed by atoms with Crippen LogP contribution in [0, 0.1) is 5.92 Å². The highest BCUT2D eigenvalue weighted by Crippen LogP contribution is 2.37. The first-order valence-corrected chi connectivity index (χ1v) is 9.72. The molecule has 2 unspecified atom stereocenters. The molecule has 1 fully saturated rings. The number of ether oxygens (including phenoxy) is 4. The monoisotopic (exact) mass is 412 g/mol. The van der Waals surface area contributed by atoms with E-state index in [4.69, 9.17) is 18.9 Å². The van der Waals surface area contributed by atoms with E-state index in [1.54, 1.807) is 30.2 Å². The quantitative estimate of drug-likeness (QED) is 0.785. The Kier molecular flexibility index (Phi) is 5.39. The van der Waals surface area contributed by atoms with E-state index in [0.717, 1.165) is 5.56 Å². The number of anilines is 1. The van der Waals surface area contributed by atoms with Crippen molar-refractivity contribution in [1.82, 2.24) is 5.32 Å². The van der Waals surface area contributed by atoms with Gasteiger partial charge in [-0.05, 0) is 36.8 Å². The van der Waals surface area contributed by atoms with Gasteiger partial charge in [-0.3, -0.25) is 9.59 Å². The van der Waals surface area contributed by atoms with E-state index in [0.29, 0.717) is 35.2 Å². The molecule has 0 aliphatic carbocycles. The number of nitrogens with zero attached hydrogens (tertiary/aromatic N) is 1. The topological polar surface area (TPSA) is 86.3 Å². The van der Waals surface area contributed by atoms with E-state index in [-0.39, 0.29) is 31.1 Å². The van der Waals surface area contributed by atoms with Gasteiger partial charge < -0.3 is 29.2 Å². The van der Waals surface area contributed by atoms with Crippen molar-refractivity contribution in [3.8, 4) is 23.0 Å². The normalized spacial score (nSPS) is 18.3. The number of rotatable bonds is 6. The Balaban J connectivity index is 1.44. The molecule has 1 N–H and O–H groups in total. The summed E-state index contributed by atoms with van der Waals surface area (Å²) in [5, 5.41) is 3.00. The van der Waals surface area contributed by atoms with Gasteiger partial charge in [-0.15, -0.1) is 0 Å². The number of carbonyl (C=O) groups excluding carboxylic acids is 2. The molecule has 4 rings (SSSR count). The number of methoxy groups -OCH3 is 2. The minimum absolute atomic E-state index is 0.116. The summed E-state index contributed by atoms with van der Waals surface area (Å²) in [5.41, 5.74) is 1.54. The molecule has 0 bridgehead atoms. The van der Waals surface area contributed by atoms with Crippen LogP contribution in [0.4, 0.5) is 5.69 Å². The highest BCUT2D eigenvalue weighted by atomic mass is 16.7. The van der Waals surface area contributed by atoms with Gasteiger partial charge in [0, 0.05) is 19.0 Å².